The van der Waals surface area contributed by atoms with E-state index in [9.17, 15) is 19.2 Å². The number of hydrogen-bond donors (Lipinski definition) is 3. The summed E-state index contributed by atoms with van der Waals surface area (Å²) in [6.07, 6.45) is 0.252. The Labute approximate surface area is 262 Å². The third-order valence-corrected chi connectivity index (χ3v) is 6.74. The van der Waals surface area contributed by atoms with Crippen LogP contribution < -0.4 is 16.2 Å². The van der Waals surface area contributed by atoms with Gasteiger partial charge in [0.2, 0.25) is 5.91 Å². The molecule has 2 amide bonds. The van der Waals surface area contributed by atoms with E-state index in [1.54, 1.807) is 20.8 Å². The fourth-order valence-electron chi connectivity index (χ4n) is 3.87. The maximum Gasteiger partial charge on any atom is 0.408 e. The molecule has 44 heavy (non-hydrogen) atoms. The zero-order chi connectivity index (χ0) is 32.9. The highest BCUT2D eigenvalue weighted by atomic mass is 32.2. The molecule has 14 heteroatoms. The number of aromatic nitrogens is 2. The van der Waals surface area contributed by atoms with Crippen LogP contribution in [0.25, 0.3) is 0 Å². The highest BCUT2D eigenvalue weighted by Crippen LogP contribution is 2.20. The third-order valence-electron chi connectivity index (χ3n) is 6.13. The van der Waals surface area contributed by atoms with E-state index in [-0.39, 0.29) is 44.2 Å². The summed E-state index contributed by atoms with van der Waals surface area (Å²) in [5.41, 5.74) is -1.16. The van der Waals surface area contributed by atoms with E-state index >= 15 is 0 Å². The van der Waals surface area contributed by atoms with Gasteiger partial charge in [0.15, 0.2) is 12.2 Å². The zero-order valence-electron chi connectivity index (χ0n) is 26.8. The van der Waals surface area contributed by atoms with Crippen LogP contribution in [0, 0.1) is 5.92 Å². The van der Waals surface area contributed by atoms with Gasteiger partial charge >= 0.3 is 12.1 Å². The van der Waals surface area contributed by atoms with Crippen molar-refractivity contribution in [1.29, 1.82) is 0 Å². The van der Waals surface area contributed by atoms with Crippen molar-refractivity contribution in [3.05, 3.63) is 57.5 Å². The fraction of sp³-hybridized carbons (Fsp3) is 0.600. The number of carbonyl (C=O) groups excluding carboxylic acids is 3. The van der Waals surface area contributed by atoms with E-state index in [1.165, 1.54) is 21.0 Å². The van der Waals surface area contributed by atoms with Gasteiger partial charge in [-0.15, -0.1) is 4.33 Å². The average Bonchev–Trinajstić information content (AvgIpc) is 3.23. The lowest BCUT2D eigenvalue weighted by Gasteiger charge is -2.29. The number of esters is 1. The number of rotatable bonds is 17. The molecule has 0 saturated carbocycles. The van der Waals surface area contributed by atoms with Crippen LogP contribution >= 0.6 is 12.2 Å². The van der Waals surface area contributed by atoms with Gasteiger partial charge in [0, 0.05) is 18.4 Å². The molecule has 1 heterocycles. The second-order valence-corrected chi connectivity index (χ2v) is 12.7. The summed E-state index contributed by atoms with van der Waals surface area (Å²) in [5, 5.41) is 8.43. The molecule has 0 bridgehead atoms. The Morgan fingerprint density at radius 2 is 1.75 bits per heavy atom. The Bertz CT molecular complexity index is 1270. The number of amides is 2. The Kier molecular flexibility index (Phi) is 14.4. The van der Waals surface area contributed by atoms with Gasteiger partial charge in [-0.05, 0) is 52.5 Å². The molecule has 1 atom stereocenters. The number of hydrogen-bond acceptors (Lipinski definition) is 10. The number of alkyl carbamates (subject to hydrolysis) is 1. The van der Waals surface area contributed by atoms with E-state index in [0.717, 1.165) is 9.65 Å². The Morgan fingerprint density at radius 3 is 2.36 bits per heavy atom. The van der Waals surface area contributed by atoms with Gasteiger partial charge < -0.3 is 24.8 Å². The summed E-state index contributed by atoms with van der Waals surface area (Å²) < 4.78 is 22.7. The van der Waals surface area contributed by atoms with E-state index in [2.05, 4.69) is 20.6 Å². The first-order valence-electron chi connectivity index (χ1n) is 14.4. The molecule has 2 aromatic rings. The molecule has 1 aromatic carbocycles. The monoisotopic (exact) mass is 638 g/mol. The van der Waals surface area contributed by atoms with E-state index in [4.69, 9.17) is 18.5 Å². The number of benzene rings is 1. The minimum Gasteiger partial charge on any atom is -0.465 e. The van der Waals surface area contributed by atoms with Crippen LogP contribution in [0.2, 0.25) is 0 Å². The summed E-state index contributed by atoms with van der Waals surface area (Å²) in [4.78, 5) is 56.2. The van der Waals surface area contributed by atoms with Crippen LogP contribution in [0.1, 0.15) is 84.2 Å². The lowest BCUT2D eigenvalue weighted by Crippen LogP contribution is -2.56. The first kappa shape index (κ1) is 36.9. The number of H-pyrrole nitrogens is 1. The van der Waals surface area contributed by atoms with Crippen molar-refractivity contribution in [2.45, 2.75) is 91.5 Å². The first-order valence-corrected chi connectivity index (χ1v) is 15.1. The SMILES string of the molecule is COOSn1[nH]c([C@@H](COCc2ccccc2)NC(=O)C(C)(C)NC(=O)OC(C)(C)C)c(CCOC(=O)CCC(C)C)c1=O. The summed E-state index contributed by atoms with van der Waals surface area (Å²) in [6, 6.07) is 8.58. The summed E-state index contributed by atoms with van der Waals surface area (Å²) >= 11 is 0.601. The van der Waals surface area contributed by atoms with Crippen LogP contribution in [-0.2, 0) is 46.0 Å². The lowest BCUT2D eigenvalue weighted by molar-refractivity contribution is -0.161. The summed E-state index contributed by atoms with van der Waals surface area (Å²) in [6.45, 7) is 12.4. The summed E-state index contributed by atoms with van der Waals surface area (Å²) in [5.74, 6) is -0.575. The Hall–Kier alpha value is -3.33. The van der Waals surface area contributed by atoms with Gasteiger partial charge in [-0.3, -0.25) is 19.5 Å². The standard InChI is InChI=1S/C30H46N4O9S/c1-20(2)14-15-24(35)41-17-16-22-25(33-34(26(22)36)44-43-39-8)23(19-40-18-21-12-10-9-11-13-21)31-27(37)30(6,7)32-28(38)42-29(3,4)5/h9-13,20,23,33H,14-19H2,1-8H3,(H,31,37)(H,32,38)/t23-/m1/s1. The number of ether oxygens (including phenoxy) is 3. The molecular weight excluding hydrogens is 592 g/mol. The minimum atomic E-state index is -1.40. The van der Waals surface area contributed by atoms with Crippen molar-refractivity contribution in [3.63, 3.8) is 0 Å². The average molecular weight is 639 g/mol. The smallest absolute Gasteiger partial charge is 0.408 e. The van der Waals surface area contributed by atoms with Gasteiger partial charge in [-0.2, -0.15) is 4.09 Å². The summed E-state index contributed by atoms with van der Waals surface area (Å²) in [7, 11) is 1.29. The van der Waals surface area contributed by atoms with Crippen LogP contribution in [-0.4, -0.2) is 58.6 Å². The van der Waals surface area contributed by atoms with Crippen molar-refractivity contribution >= 4 is 30.2 Å². The topological polar surface area (TPSA) is 159 Å². The molecule has 0 fully saturated rings. The van der Waals surface area contributed by atoms with E-state index in [0.29, 0.717) is 30.3 Å². The molecule has 0 aliphatic carbocycles. The van der Waals surface area contributed by atoms with Crippen molar-refractivity contribution in [1.82, 2.24) is 19.8 Å². The molecule has 13 nitrogen and oxygen atoms in total. The zero-order valence-corrected chi connectivity index (χ0v) is 27.6. The molecule has 0 saturated heterocycles. The van der Waals surface area contributed by atoms with Crippen molar-refractivity contribution in [2.24, 2.45) is 5.92 Å². The highest BCUT2D eigenvalue weighted by Gasteiger charge is 2.34. The molecule has 0 aliphatic heterocycles. The van der Waals surface area contributed by atoms with Gasteiger partial charge in [-0.1, -0.05) is 44.2 Å². The molecular formula is C30H46N4O9S. The van der Waals surface area contributed by atoms with Crippen molar-refractivity contribution in [2.75, 3.05) is 20.3 Å². The van der Waals surface area contributed by atoms with E-state index in [1.807, 2.05) is 44.2 Å². The van der Waals surface area contributed by atoms with Crippen molar-refractivity contribution < 1.29 is 37.8 Å². The number of nitrogens with one attached hydrogen (secondary N) is 3. The van der Waals surface area contributed by atoms with Gasteiger partial charge in [-0.25, -0.2) is 9.68 Å². The predicted molar refractivity (Wildman–Crippen MR) is 165 cm³/mol. The van der Waals surface area contributed by atoms with Gasteiger partial charge in [0.25, 0.3) is 5.56 Å². The largest absolute Gasteiger partial charge is 0.465 e. The van der Waals surface area contributed by atoms with Crippen LogP contribution in [0.3, 0.4) is 0 Å². The number of aromatic amines is 1. The number of nitrogens with zero attached hydrogens (tertiary/aromatic N) is 1. The van der Waals surface area contributed by atoms with Crippen molar-refractivity contribution in [3.8, 4) is 0 Å². The molecule has 0 aliphatic rings. The normalized spacial score (nSPS) is 12.6. The Morgan fingerprint density at radius 1 is 1.07 bits per heavy atom. The lowest BCUT2D eigenvalue weighted by atomic mass is 10.0. The van der Waals surface area contributed by atoms with E-state index < -0.39 is 34.7 Å². The molecule has 1 aromatic heterocycles. The van der Waals surface area contributed by atoms with Crippen LogP contribution in [0.5, 0.6) is 0 Å². The molecule has 3 N–H and O–H groups in total. The van der Waals surface area contributed by atoms with Crippen LogP contribution in [0.15, 0.2) is 35.1 Å². The maximum absolute atomic E-state index is 13.5. The molecule has 0 unspecified atom stereocenters. The fourth-order valence-corrected chi connectivity index (χ4v) is 4.31. The first-order chi connectivity index (χ1) is 20.6. The quantitative estimate of drug-likeness (QED) is 0.0983. The number of carbonyl (C=O) groups is 3. The minimum absolute atomic E-state index is 0.0416. The highest BCUT2D eigenvalue weighted by molar-refractivity contribution is 7.92. The second kappa shape index (κ2) is 17.2. The molecule has 2 rings (SSSR count). The molecule has 0 spiro atoms. The molecule has 0 radical (unpaired) electrons. The van der Waals surface area contributed by atoms with Crippen LogP contribution in [0.4, 0.5) is 4.79 Å². The maximum atomic E-state index is 13.5. The third kappa shape index (κ3) is 12.7. The second-order valence-electron chi connectivity index (χ2n) is 12.1. The van der Waals surface area contributed by atoms with Gasteiger partial charge in [0.1, 0.15) is 11.1 Å². The predicted octanol–water partition coefficient (Wildman–Crippen LogP) is 4.37. The molecule has 246 valence electrons. The van der Waals surface area contributed by atoms with Gasteiger partial charge in [0.05, 0.1) is 38.7 Å². The Balaban J connectivity index is 2.35.